The second-order valence-electron chi connectivity index (χ2n) is 6.77. The molecule has 0 aromatic heterocycles. The molecule has 25 heavy (non-hydrogen) atoms. The predicted molar refractivity (Wildman–Crippen MR) is 110 cm³/mol. The third-order valence-electron chi connectivity index (χ3n) is 5.58. The van der Waals surface area contributed by atoms with Crippen LogP contribution in [0.4, 0.5) is 0 Å². The van der Waals surface area contributed by atoms with E-state index in [1.807, 2.05) is 0 Å². The van der Waals surface area contributed by atoms with Crippen molar-refractivity contribution in [2.45, 2.75) is 25.8 Å². The second kappa shape index (κ2) is 9.05. The van der Waals surface area contributed by atoms with E-state index in [0.29, 0.717) is 6.04 Å². The molecule has 136 valence electrons. The molecule has 2 aliphatic rings. The molecule has 0 atom stereocenters. The third-order valence-corrected chi connectivity index (χ3v) is 5.58. The van der Waals surface area contributed by atoms with Crippen LogP contribution < -0.4 is 0 Å². The summed E-state index contributed by atoms with van der Waals surface area (Å²) in [5.41, 5.74) is 6.13. The Labute approximate surface area is 164 Å². The maximum atomic E-state index is 2.70. The Morgan fingerprint density at radius 1 is 0.760 bits per heavy atom. The lowest BCUT2D eigenvalue weighted by Gasteiger charge is -2.40. The Morgan fingerprint density at radius 3 is 1.72 bits per heavy atom. The number of rotatable bonds is 2. The summed E-state index contributed by atoms with van der Waals surface area (Å²) in [5.74, 6) is 0. The number of piperazine rings is 1. The molecule has 1 aliphatic carbocycles. The van der Waals surface area contributed by atoms with Crippen molar-refractivity contribution in [3.8, 4) is 0 Å². The fourth-order valence-electron chi connectivity index (χ4n) is 4.23. The molecule has 4 heteroatoms. The normalized spacial score (nSPS) is 18.3. The maximum Gasteiger partial charge on any atom is 0.0608 e. The molecule has 1 heterocycles. The predicted octanol–water partition coefficient (Wildman–Crippen LogP) is 4.36. The SMILES string of the molecule is CCN1CCN(C2c3ccccc3CCc3ccccc32)CC1.Cl.Cl. The number of hydrogen-bond acceptors (Lipinski definition) is 2. The van der Waals surface area contributed by atoms with Crippen LogP contribution in [-0.2, 0) is 12.8 Å². The van der Waals surface area contributed by atoms with Crippen LogP contribution in [0.25, 0.3) is 0 Å². The smallest absolute Gasteiger partial charge is 0.0608 e. The molecule has 2 aromatic carbocycles. The largest absolute Gasteiger partial charge is 0.301 e. The van der Waals surface area contributed by atoms with E-state index in [0.717, 1.165) is 0 Å². The van der Waals surface area contributed by atoms with Gasteiger partial charge in [-0.1, -0.05) is 55.5 Å². The van der Waals surface area contributed by atoms with Gasteiger partial charge in [-0.2, -0.15) is 0 Å². The van der Waals surface area contributed by atoms with E-state index in [9.17, 15) is 0 Å². The second-order valence-corrected chi connectivity index (χ2v) is 6.77. The zero-order chi connectivity index (χ0) is 15.6. The molecule has 4 rings (SSSR count). The zero-order valence-electron chi connectivity index (χ0n) is 14.9. The first-order valence-electron chi connectivity index (χ1n) is 8.99. The minimum Gasteiger partial charge on any atom is -0.301 e. The number of fused-ring (bicyclic) bond motifs is 2. The van der Waals surface area contributed by atoms with Crippen molar-refractivity contribution in [3.05, 3.63) is 70.8 Å². The Kier molecular flexibility index (Phi) is 7.33. The average molecular weight is 379 g/mol. The molecule has 2 nitrogen and oxygen atoms in total. The summed E-state index contributed by atoms with van der Waals surface area (Å²) in [6.45, 7) is 8.16. The Balaban J connectivity index is 0.00000113. The zero-order valence-corrected chi connectivity index (χ0v) is 16.5. The molecule has 0 N–H and O–H groups in total. The van der Waals surface area contributed by atoms with Gasteiger partial charge in [0.1, 0.15) is 0 Å². The van der Waals surface area contributed by atoms with Gasteiger partial charge in [-0.3, -0.25) is 4.90 Å². The highest BCUT2D eigenvalue weighted by atomic mass is 35.5. The number of benzene rings is 2. The quantitative estimate of drug-likeness (QED) is 0.765. The molecule has 0 unspecified atom stereocenters. The maximum absolute atomic E-state index is 2.70. The molecular formula is C21H28Cl2N2. The molecule has 1 saturated heterocycles. The molecule has 0 spiro atoms. The van der Waals surface area contributed by atoms with Crippen LogP contribution in [-0.4, -0.2) is 42.5 Å². The van der Waals surface area contributed by atoms with Gasteiger partial charge >= 0.3 is 0 Å². The van der Waals surface area contributed by atoms with Gasteiger partial charge in [0.15, 0.2) is 0 Å². The van der Waals surface area contributed by atoms with Crippen molar-refractivity contribution < 1.29 is 0 Å². The molecule has 0 amide bonds. The fraction of sp³-hybridized carbons (Fsp3) is 0.429. The number of likely N-dealkylation sites (N-methyl/N-ethyl adjacent to an activating group) is 1. The van der Waals surface area contributed by atoms with E-state index in [2.05, 4.69) is 65.3 Å². The molecule has 0 bridgehead atoms. The Hall–Kier alpha value is -1.06. The van der Waals surface area contributed by atoms with Gasteiger partial charge in [0.2, 0.25) is 0 Å². The van der Waals surface area contributed by atoms with Crippen LogP contribution in [0, 0.1) is 0 Å². The van der Waals surface area contributed by atoms with E-state index in [4.69, 9.17) is 0 Å². The van der Waals surface area contributed by atoms with Crippen molar-refractivity contribution in [3.63, 3.8) is 0 Å². The van der Waals surface area contributed by atoms with Crippen molar-refractivity contribution in [1.29, 1.82) is 0 Å². The van der Waals surface area contributed by atoms with Crippen LogP contribution in [0.1, 0.15) is 35.2 Å². The topological polar surface area (TPSA) is 6.48 Å². The van der Waals surface area contributed by atoms with Gasteiger partial charge in [-0.25, -0.2) is 0 Å². The van der Waals surface area contributed by atoms with Crippen molar-refractivity contribution in [2.75, 3.05) is 32.7 Å². The number of halogens is 2. The van der Waals surface area contributed by atoms with Crippen LogP contribution in [0.5, 0.6) is 0 Å². The highest BCUT2D eigenvalue weighted by molar-refractivity contribution is 5.85. The summed E-state index contributed by atoms with van der Waals surface area (Å²) >= 11 is 0. The van der Waals surface area contributed by atoms with Gasteiger partial charge in [-0.05, 0) is 41.6 Å². The standard InChI is InChI=1S/C21H26N2.2ClH/c1-2-22-13-15-23(16-14-22)21-19-9-5-3-7-17(19)11-12-18-8-4-6-10-20(18)21;;/h3-10,21H,2,11-16H2,1H3;2*1H. The molecule has 1 fully saturated rings. The molecular weight excluding hydrogens is 351 g/mol. The minimum absolute atomic E-state index is 0. The molecule has 2 aromatic rings. The molecule has 0 saturated carbocycles. The van der Waals surface area contributed by atoms with Crippen molar-refractivity contribution in [2.24, 2.45) is 0 Å². The van der Waals surface area contributed by atoms with E-state index in [1.165, 1.54) is 67.8 Å². The summed E-state index contributed by atoms with van der Waals surface area (Å²) in [5, 5.41) is 0. The summed E-state index contributed by atoms with van der Waals surface area (Å²) < 4.78 is 0. The van der Waals surface area contributed by atoms with Gasteiger partial charge in [-0.15, -0.1) is 24.8 Å². The van der Waals surface area contributed by atoms with E-state index >= 15 is 0 Å². The van der Waals surface area contributed by atoms with Crippen LogP contribution in [0.2, 0.25) is 0 Å². The molecule has 0 radical (unpaired) electrons. The van der Waals surface area contributed by atoms with Gasteiger partial charge < -0.3 is 4.90 Å². The summed E-state index contributed by atoms with van der Waals surface area (Å²) in [6, 6.07) is 18.6. The fourth-order valence-corrected chi connectivity index (χ4v) is 4.23. The number of hydrogen-bond donors (Lipinski definition) is 0. The van der Waals surface area contributed by atoms with Gasteiger partial charge in [0.05, 0.1) is 6.04 Å². The third kappa shape index (κ3) is 4.03. The van der Waals surface area contributed by atoms with E-state index in [-0.39, 0.29) is 24.8 Å². The van der Waals surface area contributed by atoms with Crippen LogP contribution in [0.3, 0.4) is 0 Å². The Bertz CT molecular complexity index is 634. The van der Waals surface area contributed by atoms with Crippen LogP contribution in [0.15, 0.2) is 48.5 Å². The summed E-state index contributed by atoms with van der Waals surface area (Å²) in [7, 11) is 0. The number of nitrogens with zero attached hydrogens (tertiary/aromatic N) is 2. The van der Waals surface area contributed by atoms with E-state index in [1.54, 1.807) is 0 Å². The minimum atomic E-state index is 0. The highest BCUT2D eigenvalue weighted by Crippen LogP contribution is 2.37. The first-order chi connectivity index (χ1) is 11.4. The van der Waals surface area contributed by atoms with Crippen LogP contribution >= 0.6 is 24.8 Å². The van der Waals surface area contributed by atoms with E-state index < -0.39 is 0 Å². The Morgan fingerprint density at radius 2 is 1.24 bits per heavy atom. The average Bonchev–Trinajstić information content (AvgIpc) is 2.79. The lowest BCUT2D eigenvalue weighted by Crippen LogP contribution is -2.47. The molecule has 1 aliphatic heterocycles. The van der Waals surface area contributed by atoms with Crippen molar-refractivity contribution in [1.82, 2.24) is 9.80 Å². The first kappa shape index (κ1) is 20.3. The monoisotopic (exact) mass is 378 g/mol. The van der Waals surface area contributed by atoms with Gasteiger partial charge in [0, 0.05) is 26.2 Å². The lowest BCUT2D eigenvalue weighted by molar-refractivity contribution is 0.113. The highest BCUT2D eigenvalue weighted by Gasteiger charge is 2.30. The van der Waals surface area contributed by atoms with Gasteiger partial charge in [0.25, 0.3) is 0 Å². The summed E-state index contributed by atoms with van der Waals surface area (Å²) in [4.78, 5) is 5.26. The summed E-state index contributed by atoms with van der Waals surface area (Å²) in [6.07, 6.45) is 2.33. The van der Waals surface area contributed by atoms with Crippen molar-refractivity contribution >= 4 is 24.8 Å². The first-order valence-corrected chi connectivity index (χ1v) is 8.99. The number of aryl methyl sites for hydroxylation is 2. The lowest BCUT2D eigenvalue weighted by atomic mass is 9.93.